The summed E-state index contributed by atoms with van der Waals surface area (Å²) in [6.07, 6.45) is 0. The monoisotopic (exact) mass is 487 g/mol. The molecule has 0 saturated heterocycles. The van der Waals surface area contributed by atoms with Crippen LogP contribution in [0, 0.1) is 0 Å². The number of rotatable bonds is 6. The third-order valence-corrected chi connectivity index (χ3v) is 6.52. The molecule has 0 bridgehead atoms. The number of ether oxygens (including phenoxy) is 1. The highest BCUT2D eigenvalue weighted by Gasteiger charge is 2.34. The number of esters is 1. The van der Waals surface area contributed by atoms with E-state index in [0.717, 1.165) is 0 Å². The Balaban J connectivity index is 2.42. The predicted octanol–water partition coefficient (Wildman–Crippen LogP) is 4.32. The topological polar surface area (TPSA) is 80.8 Å². The minimum atomic E-state index is -4.26. The van der Waals surface area contributed by atoms with E-state index in [2.05, 4.69) is 15.9 Å². The number of anilines is 1. The summed E-state index contributed by atoms with van der Waals surface area (Å²) >= 11 is 9.08. The van der Waals surface area contributed by atoms with Crippen molar-refractivity contribution < 1.29 is 22.7 Å². The zero-order valence-electron chi connectivity index (χ0n) is 15.4. The Labute approximate surface area is 177 Å². The summed E-state index contributed by atoms with van der Waals surface area (Å²) in [6, 6.07) is 13.6. The van der Waals surface area contributed by atoms with Gasteiger partial charge in [-0.05, 0) is 45.0 Å². The number of benzene rings is 2. The number of alkyl halides is 1. The lowest BCUT2D eigenvalue weighted by Gasteiger charge is -2.22. The Morgan fingerprint density at radius 3 is 2.14 bits per heavy atom. The van der Waals surface area contributed by atoms with Crippen molar-refractivity contribution in [2.45, 2.75) is 36.1 Å². The first-order chi connectivity index (χ1) is 12.9. The van der Waals surface area contributed by atoms with Crippen LogP contribution in [0.4, 0.5) is 5.69 Å². The number of halogens is 2. The van der Waals surface area contributed by atoms with Crippen LogP contribution < -0.4 is 3.82 Å². The van der Waals surface area contributed by atoms with Crippen molar-refractivity contribution in [2.24, 2.45) is 0 Å². The summed E-state index contributed by atoms with van der Waals surface area (Å²) in [7, 11) is -4.26. The third kappa shape index (κ3) is 5.12. The quantitative estimate of drug-likeness (QED) is 0.199. The SMILES string of the molecule is CC(C)(C)OC(=O)C(Br)C(=O)c1ccccc1S(=O)(=O)N(Cl)c1ccccc1. The fraction of sp³-hybridized carbons (Fsp3) is 0.263. The first-order valence-corrected chi connectivity index (χ1v) is 10.9. The average Bonchev–Trinajstić information content (AvgIpc) is 2.65. The first kappa shape index (κ1) is 22.4. The summed E-state index contributed by atoms with van der Waals surface area (Å²) in [6.45, 7) is 5.00. The maximum absolute atomic E-state index is 13.0. The van der Waals surface area contributed by atoms with E-state index in [1.54, 1.807) is 39.0 Å². The highest BCUT2D eigenvalue weighted by atomic mass is 79.9. The van der Waals surface area contributed by atoms with Gasteiger partial charge in [0.1, 0.15) is 5.60 Å². The van der Waals surface area contributed by atoms with Crippen LogP contribution in [0.25, 0.3) is 0 Å². The second-order valence-corrected chi connectivity index (χ2v) is 10.0. The van der Waals surface area contributed by atoms with Gasteiger partial charge in [0.15, 0.2) is 10.6 Å². The van der Waals surface area contributed by atoms with Gasteiger partial charge < -0.3 is 4.74 Å². The number of nitrogens with zero attached hydrogens (tertiary/aromatic N) is 1. The Bertz CT molecular complexity index is 973. The second kappa shape index (κ2) is 8.63. The minimum absolute atomic E-state index is 0.170. The second-order valence-electron chi connectivity index (χ2n) is 6.81. The standard InChI is InChI=1S/C19H19BrClNO5S/c1-19(2,3)27-18(24)16(20)17(23)14-11-7-8-12-15(14)28(25,26)22(21)13-9-5-4-6-10-13/h4-12,16H,1-3H3. The Morgan fingerprint density at radius 2 is 1.57 bits per heavy atom. The Kier molecular flexibility index (Phi) is 6.90. The fourth-order valence-corrected chi connectivity index (χ4v) is 4.21. The molecule has 0 aromatic heterocycles. The molecule has 0 saturated carbocycles. The Morgan fingerprint density at radius 1 is 1.04 bits per heavy atom. The zero-order valence-corrected chi connectivity index (χ0v) is 18.6. The van der Waals surface area contributed by atoms with Crippen molar-refractivity contribution in [3.63, 3.8) is 0 Å². The van der Waals surface area contributed by atoms with E-state index >= 15 is 0 Å². The van der Waals surface area contributed by atoms with Gasteiger partial charge in [0.2, 0.25) is 0 Å². The van der Waals surface area contributed by atoms with Gasteiger partial charge in [-0.2, -0.15) is 12.2 Å². The normalized spacial score (nSPS) is 12.9. The number of hydrogen-bond acceptors (Lipinski definition) is 5. The molecule has 6 nitrogen and oxygen atoms in total. The van der Waals surface area contributed by atoms with Gasteiger partial charge in [0.25, 0.3) is 10.0 Å². The van der Waals surface area contributed by atoms with Crippen LogP contribution in [0.2, 0.25) is 0 Å². The molecule has 2 rings (SSSR count). The van der Waals surface area contributed by atoms with Crippen molar-refractivity contribution in [3.05, 3.63) is 60.2 Å². The van der Waals surface area contributed by atoms with Gasteiger partial charge >= 0.3 is 5.97 Å². The lowest BCUT2D eigenvalue weighted by molar-refractivity contribution is -0.152. The number of carbonyl (C=O) groups is 2. The van der Waals surface area contributed by atoms with Crippen molar-refractivity contribution in [3.8, 4) is 0 Å². The zero-order chi connectivity index (χ0) is 21.1. The van der Waals surface area contributed by atoms with E-state index in [1.807, 2.05) is 0 Å². The maximum atomic E-state index is 13.0. The highest BCUT2D eigenvalue weighted by Crippen LogP contribution is 2.29. The van der Waals surface area contributed by atoms with E-state index < -0.39 is 32.2 Å². The molecule has 0 aliphatic rings. The molecular weight excluding hydrogens is 470 g/mol. The van der Waals surface area contributed by atoms with Crippen molar-refractivity contribution in [2.75, 3.05) is 3.82 Å². The molecular formula is C19H19BrClNO5S. The average molecular weight is 489 g/mol. The van der Waals surface area contributed by atoms with Crippen LogP contribution >= 0.6 is 27.7 Å². The molecule has 28 heavy (non-hydrogen) atoms. The van der Waals surface area contributed by atoms with Crippen LogP contribution in [0.5, 0.6) is 0 Å². The third-order valence-electron chi connectivity index (χ3n) is 3.44. The van der Waals surface area contributed by atoms with Crippen molar-refractivity contribution in [1.29, 1.82) is 0 Å². The molecule has 0 radical (unpaired) electrons. The van der Waals surface area contributed by atoms with Crippen LogP contribution in [0.3, 0.4) is 0 Å². The number of Topliss-reactive ketones (excluding diaryl/α,β-unsaturated/α-hetero) is 1. The van der Waals surface area contributed by atoms with Gasteiger partial charge in [-0.3, -0.25) is 9.59 Å². The maximum Gasteiger partial charge on any atom is 0.328 e. The lowest BCUT2D eigenvalue weighted by atomic mass is 10.1. The van der Waals surface area contributed by atoms with Gasteiger partial charge in [-0.25, -0.2) is 0 Å². The van der Waals surface area contributed by atoms with E-state index in [1.165, 1.54) is 36.4 Å². The minimum Gasteiger partial charge on any atom is -0.459 e. The van der Waals surface area contributed by atoms with Crippen LogP contribution in [0.1, 0.15) is 31.1 Å². The summed E-state index contributed by atoms with van der Waals surface area (Å²) < 4.78 is 31.7. The predicted molar refractivity (Wildman–Crippen MR) is 111 cm³/mol. The number of ketones is 1. The van der Waals surface area contributed by atoms with E-state index in [4.69, 9.17) is 16.5 Å². The molecule has 0 aliphatic heterocycles. The summed E-state index contributed by atoms with van der Waals surface area (Å²) in [4.78, 5) is 23.4. The van der Waals surface area contributed by atoms with Gasteiger partial charge in [0.05, 0.1) is 10.6 Å². The van der Waals surface area contributed by atoms with Crippen LogP contribution in [0.15, 0.2) is 59.5 Å². The van der Waals surface area contributed by atoms with Crippen molar-refractivity contribution in [1.82, 2.24) is 0 Å². The van der Waals surface area contributed by atoms with Gasteiger partial charge in [-0.15, -0.1) is 0 Å². The Hall–Kier alpha value is -1.90. The summed E-state index contributed by atoms with van der Waals surface area (Å²) in [5, 5.41) is 0. The summed E-state index contributed by atoms with van der Waals surface area (Å²) in [5.41, 5.74) is -0.749. The molecule has 1 atom stereocenters. The molecule has 0 aliphatic carbocycles. The van der Waals surface area contributed by atoms with Gasteiger partial charge in [0, 0.05) is 17.3 Å². The molecule has 150 valence electrons. The lowest BCUT2D eigenvalue weighted by Crippen LogP contribution is -2.34. The van der Waals surface area contributed by atoms with Gasteiger partial charge in [-0.1, -0.05) is 46.3 Å². The van der Waals surface area contributed by atoms with Crippen LogP contribution in [-0.2, 0) is 19.6 Å². The summed E-state index contributed by atoms with van der Waals surface area (Å²) in [5.74, 6) is -1.55. The molecule has 0 fully saturated rings. The molecule has 0 spiro atoms. The molecule has 2 aromatic rings. The molecule has 2 aromatic carbocycles. The number of carbonyl (C=O) groups excluding carboxylic acids is 2. The number of para-hydroxylation sites is 1. The first-order valence-electron chi connectivity index (χ1n) is 8.21. The van der Waals surface area contributed by atoms with Crippen molar-refractivity contribution >= 4 is 55.2 Å². The molecule has 0 amide bonds. The van der Waals surface area contributed by atoms with E-state index in [0.29, 0.717) is 3.82 Å². The largest absolute Gasteiger partial charge is 0.459 e. The fourth-order valence-electron chi connectivity index (χ4n) is 2.26. The smallest absolute Gasteiger partial charge is 0.328 e. The number of hydrogen-bond donors (Lipinski definition) is 0. The van der Waals surface area contributed by atoms with E-state index in [-0.39, 0.29) is 16.1 Å². The highest BCUT2D eigenvalue weighted by molar-refractivity contribution is 9.10. The molecule has 0 heterocycles. The number of sulfonamides is 1. The van der Waals surface area contributed by atoms with Crippen LogP contribution in [-0.4, -0.2) is 30.6 Å². The molecule has 9 heteroatoms. The molecule has 1 unspecified atom stereocenters. The molecule has 0 N–H and O–H groups in total. The van der Waals surface area contributed by atoms with E-state index in [9.17, 15) is 18.0 Å².